The molecule has 1 aromatic rings. The summed E-state index contributed by atoms with van der Waals surface area (Å²) < 4.78 is 7.66. The molecule has 1 heterocycles. The number of nitrogens with zero attached hydrogens (tertiary/aromatic N) is 2. The SMILES string of the molecule is CCCn1cc(C(O)C2(OC)CCCCCC2)cn1. The Morgan fingerprint density at radius 3 is 2.63 bits per heavy atom. The van der Waals surface area contributed by atoms with Gasteiger partial charge in [0.25, 0.3) is 0 Å². The van der Waals surface area contributed by atoms with E-state index in [0.717, 1.165) is 44.2 Å². The Hall–Kier alpha value is -0.870. The summed E-state index contributed by atoms with van der Waals surface area (Å²) in [5.74, 6) is 0. The molecule has 1 fully saturated rings. The number of ether oxygens (including phenoxy) is 1. The summed E-state index contributed by atoms with van der Waals surface area (Å²) >= 11 is 0. The fraction of sp³-hybridized carbons (Fsp3) is 0.800. The highest BCUT2D eigenvalue weighted by atomic mass is 16.5. The van der Waals surface area contributed by atoms with Crippen molar-refractivity contribution in [1.82, 2.24) is 9.78 Å². The van der Waals surface area contributed by atoms with Crippen molar-refractivity contribution < 1.29 is 9.84 Å². The molecular weight excluding hydrogens is 240 g/mol. The fourth-order valence-electron chi connectivity index (χ4n) is 3.09. The van der Waals surface area contributed by atoms with Crippen LogP contribution in [0.4, 0.5) is 0 Å². The van der Waals surface area contributed by atoms with Crippen molar-refractivity contribution in [2.24, 2.45) is 0 Å². The third-order valence-corrected chi connectivity index (χ3v) is 4.28. The van der Waals surface area contributed by atoms with Gasteiger partial charge < -0.3 is 9.84 Å². The van der Waals surface area contributed by atoms with Gasteiger partial charge in [-0.3, -0.25) is 4.68 Å². The third-order valence-electron chi connectivity index (χ3n) is 4.28. The second kappa shape index (κ2) is 6.53. The molecule has 0 spiro atoms. The maximum absolute atomic E-state index is 10.7. The highest BCUT2D eigenvalue weighted by Gasteiger charge is 2.39. The molecule has 0 amide bonds. The van der Waals surface area contributed by atoms with Gasteiger partial charge in [0.2, 0.25) is 0 Å². The molecular formula is C15H26N2O2. The summed E-state index contributed by atoms with van der Waals surface area (Å²) in [5.41, 5.74) is 0.466. The van der Waals surface area contributed by atoms with Gasteiger partial charge in [0.15, 0.2) is 0 Å². The Kier molecular flexibility index (Phi) is 4.99. The minimum Gasteiger partial charge on any atom is -0.385 e. The van der Waals surface area contributed by atoms with E-state index in [1.807, 2.05) is 10.9 Å². The molecule has 0 radical (unpaired) electrons. The lowest BCUT2D eigenvalue weighted by molar-refractivity contribution is -0.114. The van der Waals surface area contributed by atoms with Gasteiger partial charge in [0.05, 0.1) is 11.8 Å². The van der Waals surface area contributed by atoms with E-state index in [2.05, 4.69) is 12.0 Å². The van der Waals surface area contributed by atoms with Gasteiger partial charge in [-0.15, -0.1) is 0 Å². The van der Waals surface area contributed by atoms with Gasteiger partial charge in [0, 0.05) is 25.4 Å². The number of methoxy groups -OCH3 is 1. The van der Waals surface area contributed by atoms with Gasteiger partial charge in [-0.1, -0.05) is 32.6 Å². The summed E-state index contributed by atoms with van der Waals surface area (Å²) in [5, 5.41) is 15.0. The zero-order chi connectivity index (χ0) is 13.7. The standard InChI is InChI=1S/C15H26N2O2/c1-3-10-17-12-13(11-16-17)14(18)15(19-2)8-6-4-5-7-9-15/h11-12,14,18H,3-10H2,1-2H3. The number of aromatic nitrogens is 2. The molecule has 0 aliphatic heterocycles. The van der Waals surface area contributed by atoms with Crippen LogP contribution in [-0.2, 0) is 11.3 Å². The quantitative estimate of drug-likeness (QED) is 0.833. The van der Waals surface area contributed by atoms with Gasteiger partial charge >= 0.3 is 0 Å². The summed E-state index contributed by atoms with van der Waals surface area (Å²) in [6.45, 7) is 3.02. The zero-order valence-electron chi connectivity index (χ0n) is 12.1. The van der Waals surface area contributed by atoms with Crippen molar-refractivity contribution in [1.29, 1.82) is 0 Å². The molecule has 0 aromatic carbocycles. The normalized spacial score (nSPS) is 21.0. The molecule has 1 aliphatic rings. The maximum Gasteiger partial charge on any atom is 0.111 e. The molecule has 4 nitrogen and oxygen atoms in total. The number of aliphatic hydroxyl groups excluding tert-OH is 1. The Morgan fingerprint density at radius 1 is 1.37 bits per heavy atom. The fourth-order valence-corrected chi connectivity index (χ4v) is 3.09. The van der Waals surface area contributed by atoms with Crippen LogP contribution in [0.2, 0.25) is 0 Å². The summed E-state index contributed by atoms with van der Waals surface area (Å²) in [6, 6.07) is 0. The van der Waals surface area contributed by atoms with E-state index >= 15 is 0 Å². The lowest BCUT2D eigenvalue weighted by atomic mass is 9.85. The first-order chi connectivity index (χ1) is 9.22. The monoisotopic (exact) mass is 266 g/mol. The average molecular weight is 266 g/mol. The number of hydrogen-bond acceptors (Lipinski definition) is 3. The topological polar surface area (TPSA) is 47.3 Å². The van der Waals surface area contributed by atoms with E-state index < -0.39 is 11.7 Å². The van der Waals surface area contributed by atoms with Crippen LogP contribution in [0.5, 0.6) is 0 Å². The molecule has 1 unspecified atom stereocenters. The van der Waals surface area contributed by atoms with Crippen molar-refractivity contribution in [3.63, 3.8) is 0 Å². The lowest BCUT2D eigenvalue weighted by Gasteiger charge is -2.35. The van der Waals surface area contributed by atoms with Crippen LogP contribution < -0.4 is 0 Å². The van der Waals surface area contributed by atoms with Crippen LogP contribution in [0.3, 0.4) is 0 Å². The molecule has 19 heavy (non-hydrogen) atoms. The first-order valence-corrected chi connectivity index (χ1v) is 7.47. The summed E-state index contributed by atoms with van der Waals surface area (Å²) in [6.07, 6.45) is 10.8. The van der Waals surface area contributed by atoms with Gasteiger partial charge in [-0.05, 0) is 19.3 Å². The summed E-state index contributed by atoms with van der Waals surface area (Å²) in [4.78, 5) is 0. The van der Waals surface area contributed by atoms with E-state index in [-0.39, 0.29) is 0 Å². The highest BCUT2D eigenvalue weighted by Crippen LogP contribution is 2.39. The first kappa shape index (κ1) is 14.5. The average Bonchev–Trinajstić information content (AvgIpc) is 2.75. The van der Waals surface area contributed by atoms with Gasteiger partial charge in [-0.25, -0.2) is 0 Å². The first-order valence-electron chi connectivity index (χ1n) is 7.47. The van der Waals surface area contributed by atoms with E-state index in [4.69, 9.17) is 4.74 Å². The van der Waals surface area contributed by atoms with Crippen molar-refractivity contribution in [2.75, 3.05) is 7.11 Å². The van der Waals surface area contributed by atoms with E-state index in [9.17, 15) is 5.11 Å². The van der Waals surface area contributed by atoms with Crippen molar-refractivity contribution in [3.05, 3.63) is 18.0 Å². The second-order valence-electron chi connectivity index (χ2n) is 5.62. The van der Waals surface area contributed by atoms with Crippen LogP contribution >= 0.6 is 0 Å². The Balaban J connectivity index is 2.15. The number of aliphatic hydroxyl groups is 1. The predicted molar refractivity (Wildman–Crippen MR) is 74.9 cm³/mol. The van der Waals surface area contributed by atoms with E-state index in [0.29, 0.717) is 0 Å². The lowest BCUT2D eigenvalue weighted by Crippen LogP contribution is -2.38. The van der Waals surface area contributed by atoms with E-state index in [1.165, 1.54) is 12.8 Å². The Bertz CT molecular complexity index is 381. The molecule has 1 N–H and O–H groups in total. The maximum atomic E-state index is 10.7. The Labute approximate surface area is 115 Å². The predicted octanol–water partition coefficient (Wildman–Crippen LogP) is 3.07. The molecule has 4 heteroatoms. The van der Waals surface area contributed by atoms with Gasteiger partial charge in [0.1, 0.15) is 6.10 Å². The molecule has 1 saturated carbocycles. The highest BCUT2D eigenvalue weighted by molar-refractivity contribution is 5.14. The van der Waals surface area contributed by atoms with Crippen molar-refractivity contribution >= 4 is 0 Å². The van der Waals surface area contributed by atoms with Crippen LogP contribution in [0.25, 0.3) is 0 Å². The second-order valence-corrected chi connectivity index (χ2v) is 5.62. The molecule has 1 aromatic heterocycles. The van der Waals surface area contributed by atoms with Crippen molar-refractivity contribution in [3.8, 4) is 0 Å². The van der Waals surface area contributed by atoms with Crippen LogP contribution in [0, 0.1) is 0 Å². The molecule has 0 bridgehead atoms. The van der Waals surface area contributed by atoms with E-state index in [1.54, 1.807) is 13.3 Å². The number of hydrogen-bond donors (Lipinski definition) is 1. The third kappa shape index (κ3) is 3.18. The van der Waals surface area contributed by atoms with Crippen LogP contribution in [0.1, 0.15) is 63.5 Å². The molecule has 108 valence electrons. The molecule has 0 saturated heterocycles. The minimum atomic E-state index is -0.568. The van der Waals surface area contributed by atoms with Crippen molar-refractivity contribution in [2.45, 2.75) is 70.1 Å². The Morgan fingerprint density at radius 2 is 2.05 bits per heavy atom. The zero-order valence-corrected chi connectivity index (χ0v) is 12.1. The summed E-state index contributed by atoms with van der Waals surface area (Å²) in [7, 11) is 1.73. The number of aryl methyl sites for hydroxylation is 1. The largest absolute Gasteiger partial charge is 0.385 e. The van der Waals surface area contributed by atoms with Gasteiger partial charge in [-0.2, -0.15) is 5.10 Å². The molecule has 1 atom stereocenters. The molecule has 1 aliphatic carbocycles. The number of rotatable bonds is 5. The van der Waals surface area contributed by atoms with Crippen LogP contribution in [-0.4, -0.2) is 27.6 Å². The molecule has 2 rings (SSSR count). The minimum absolute atomic E-state index is 0.420. The van der Waals surface area contributed by atoms with Crippen LogP contribution in [0.15, 0.2) is 12.4 Å². The smallest absolute Gasteiger partial charge is 0.111 e.